The van der Waals surface area contributed by atoms with Crippen LogP contribution in [0.4, 0.5) is 0 Å². The average Bonchev–Trinajstić information content (AvgIpc) is 3.39. The van der Waals surface area contributed by atoms with Crippen LogP contribution in [0.1, 0.15) is 106 Å². The van der Waals surface area contributed by atoms with Crippen LogP contribution in [-0.4, -0.2) is 23.8 Å². The maximum atomic E-state index is 13.4. The molecule has 5 saturated carbocycles. The van der Waals surface area contributed by atoms with Crippen molar-refractivity contribution < 1.29 is 14.3 Å². The van der Waals surface area contributed by atoms with Crippen LogP contribution in [0.2, 0.25) is 0 Å². The standard InChI is InChI=1S/C30H46O3/c1-25(2)20-10-13-29(6)21(27(20,4)12-11-22(25)32)9-8-18-23-24(30(7)17-33-30)19(31)16-26(23,3)14-15-28(18,29)5/h18,20-21,23-24H,8-17H2,1-7H3/t18-,20+,21-,23+,24-,26+,27+,28-,29-,30?/m1/s1. The Kier molecular flexibility index (Phi) is 4.37. The fourth-order valence-corrected chi connectivity index (χ4v) is 11.6. The van der Waals surface area contributed by atoms with Gasteiger partial charge in [-0.25, -0.2) is 0 Å². The van der Waals surface area contributed by atoms with Gasteiger partial charge in [0, 0.05) is 18.3 Å². The minimum Gasteiger partial charge on any atom is -0.369 e. The van der Waals surface area contributed by atoms with Gasteiger partial charge in [-0.1, -0.05) is 41.5 Å². The van der Waals surface area contributed by atoms with Gasteiger partial charge in [-0.15, -0.1) is 0 Å². The lowest BCUT2D eigenvalue weighted by atomic mass is 9.32. The molecule has 1 unspecified atom stereocenters. The Hall–Kier alpha value is -0.700. The summed E-state index contributed by atoms with van der Waals surface area (Å²) in [5.74, 6) is 3.37. The third kappa shape index (κ3) is 2.57. The molecule has 3 heteroatoms. The molecule has 0 aromatic rings. The normalized spacial score (nSPS) is 59.3. The Labute approximate surface area is 201 Å². The summed E-state index contributed by atoms with van der Waals surface area (Å²) >= 11 is 0. The monoisotopic (exact) mass is 454 g/mol. The molecule has 0 amide bonds. The highest BCUT2D eigenvalue weighted by molar-refractivity contribution is 5.86. The Bertz CT molecular complexity index is 916. The summed E-state index contributed by atoms with van der Waals surface area (Å²) in [6.45, 7) is 17.7. The summed E-state index contributed by atoms with van der Waals surface area (Å²) in [4.78, 5) is 26.3. The summed E-state index contributed by atoms with van der Waals surface area (Å²) in [7, 11) is 0. The molecule has 33 heavy (non-hydrogen) atoms. The van der Waals surface area contributed by atoms with Crippen molar-refractivity contribution in [3.8, 4) is 0 Å². The molecule has 0 spiro atoms. The van der Waals surface area contributed by atoms with Crippen molar-refractivity contribution in [3.63, 3.8) is 0 Å². The number of rotatable bonds is 1. The molecule has 6 rings (SSSR count). The van der Waals surface area contributed by atoms with Crippen molar-refractivity contribution in [2.45, 2.75) is 112 Å². The highest BCUT2D eigenvalue weighted by atomic mass is 16.6. The van der Waals surface area contributed by atoms with E-state index in [9.17, 15) is 9.59 Å². The number of hydrogen-bond donors (Lipinski definition) is 0. The van der Waals surface area contributed by atoms with E-state index >= 15 is 0 Å². The highest BCUT2D eigenvalue weighted by Gasteiger charge is 2.73. The largest absolute Gasteiger partial charge is 0.369 e. The zero-order valence-electron chi connectivity index (χ0n) is 22.2. The van der Waals surface area contributed by atoms with Crippen molar-refractivity contribution in [2.24, 2.45) is 56.7 Å². The second kappa shape index (κ2) is 6.34. The van der Waals surface area contributed by atoms with E-state index in [1.54, 1.807) is 0 Å². The first-order valence-electron chi connectivity index (χ1n) is 13.9. The number of epoxide rings is 1. The fraction of sp³-hybridized carbons (Fsp3) is 0.933. The van der Waals surface area contributed by atoms with Crippen LogP contribution >= 0.6 is 0 Å². The summed E-state index contributed by atoms with van der Waals surface area (Å²) in [6.07, 6.45) is 10.0. The number of hydrogen-bond acceptors (Lipinski definition) is 3. The molecule has 5 aliphatic carbocycles. The molecule has 10 atom stereocenters. The first kappa shape index (κ1) is 22.7. The third-order valence-electron chi connectivity index (χ3n) is 13.7. The lowest BCUT2D eigenvalue weighted by Crippen LogP contribution is -2.66. The molecule has 0 aromatic heterocycles. The second-order valence-corrected chi connectivity index (χ2v) is 15.2. The van der Waals surface area contributed by atoms with Gasteiger partial charge in [-0.05, 0) is 97.2 Å². The number of ether oxygens (including phenoxy) is 1. The van der Waals surface area contributed by atoms with Crippen molar-refractivity contribution in [2.75, 3.05) is 6.61 Å². The molecule has 0 aromatic carbocycles. The maximum absolute atomic E-state index is 13.4. The van der Waals surface area contributed by atoms with E-state index in [-0.39, 0.29) is 33.2 Å². The summed E-state index contributed by atoms with van der Waals surface area (Å²) in [6, 6.07) is 0. The minimum atomic E-state index is -0.201. The van der Waals surface area contributed by atoms with Crippen LogP contribution in [0.5, 0.6) is 0 Å². The van der Waals surface area contributed by atoms with Crippen LogP contribution in [0.25, 0.3) is 0 Å². The predicted octanol–water partition coefficient (Wildman–Crippen LogP) is 6.62. The molecule has 184 valence electrons. The van der Waals surface area contributed by atoms with Crippen LogP contribution in [0, 0.1) is 56.7 Å². The number of fused-ring (bicyclic) bond motifs is 7. The molecular weight excluding hydrogens is 408 g/mol. The second-order valence-electron chi connectivity index (χ2n) is 15.2. The molecule has 1 saturated heterocycles. The Morgan fingerprint density at radius 2 is 1.48 bits per heavy atom. The van der Waals surface area contributed by atoms with Crippen molar-refractivity contribution in [3.05, 3.63) is 0 Å². The number of carbonyl (C=O) groups excluding carboxylic acids is 2. The van der Waals surface area contributed by atoms with Crippen molar-refractivity contribution >= 4 is 11.6 Å². The van der Waals surface area contributed by atoms with Gasteiger partial charge in [0.1, 0.15) is 11.6 Å². The summed E-state index contributed by atoms with van der Waals surface area (Å²) in [5, 5.41) is 0. The van der Waals surface area contributed by atoms with Gasteiger partial charge in [0.05, 0.1) is 18.1 Å². The molecule has 3 nitrogen and oxygen atoms in total. The molecule has 0 bridgehead atoms. The molecule has 0 radical (unpaired) electrons. The molecule has 6 aliphatic rings. The summed E-state index contributed by atoms with van der Waals surface area (Å²) < 4.78 is 5.96. The van der Waals surface area contributed by atoms with E-state index < -0.39 is 0 Å². The van der Waals surface area contributed by atoms with Crippen molar-refractivity contribution in [1.29, 1.82) is 0 Å². The minimum absolute atomic E-state index is 0.102. The van der Waals surface area contributed by atoms with E-state index in [2.05, 4.69) is 48.5 Å². The van der Waals surface area contributed by atoms with Crippen LogP contribution < -0.4 is 0 Å². The Morgan fingerprint density at radius 3 is 2.15 bits per heavy atom. The molecular formula is C30H46O3. The first-order chi connectivity index (χ1) is 15.2. The fourth-order valence-electron chi connectivity index (χ4n) is 11.6. The quantitative estimate of drug-likeness (QED) is 0.418. The Morgan fingerprint density at radius 1 is 0.788 bits per heavy atom. The number of ketones is 2. The molecule has 6 fully saturated rings. The highest BCUT2D eigenvalue weighted by Crippen LogP contribution is 2.77. The zero-order chi connectivity index (χ0) is 23.8. The number of carbonyl (C=O) groups is 2. The number of Topliss-reactive ketones (excluding diaryl/α,β-unsaturated/α-hetero) is 2. The molecule has 0 N–H and O–H groups in total. The van der Waals surface area contributed by atoms with Crippen LogP contribution in [0.15, 0.2) is 0 Å². The van der Waals surface area contributed by atoms with Gasteiger partial charge >= 0.3 is 0 Å². The molecule has 1 heterocycles. The lowest BCUT2D eigenvalue weighted by molar-refractivity contribution is -0.234. The van der Waals surface area contributed by atoms with E-state index in [1.807, 2.05) is 0 Å². The average molecular weight is 455 g/mol. The van der Waals surface area contributed by atoms with Gasteiger partial charge in [-0.2, -0.15) is 0 Å². The first-order valence-corrected chi connectivity index (χ1v) is 13.9. The van der Waals surface area contributed by atoms with E-state index in [0.29, 0.717) is 40.7 Å². The lowest BCUT2D eigenvalue weighted by Gasteiger charge is -2.72. The van der Waals surface area contributed by atoms with E-state index in [1.165, 1.54) is 38.5 Å². The van der Waals surface area contributed by atoms with Gasteiger partial charge < -0.3 is 4.74 Å². The van der Waals surface area contributed by atoms with Gasteiger partial charge in [-0.3, -0.25) is 9.59 Å². The third-order valence-corrected chi connectivity index (χ3v) is 13.7. The summed E-state index contributed by atoms with van der Waals surface area (Å²) in [5.41, 5.74) is 0.597. The smallest absolute Gasteiger partial charge is 0.139 e. The van der Waals surface area contributed by atoms with E-state index in [4.69, 9.17) is 4.74 Å². The Balaban J connectivity index is 1.41. The van der Waals surface area contributed by atoms with Crippen LogP contribution in [-0.2, 0) is 14.3 Å². The van der Waals surface area contributed by atoms with Gasteiger partial charge in [0.2, 0.25) is 0 Å². The van der Waals surface area contributed by atoms with Gasteiger partial charge in [0.15, 0.2) is 0 Å². The maximum Gasteiger partial charge on any atom is 0.139 e. The van der Waals surface area contributed by atoms with Gasteiger partial charge in [0.25, 0.3) is 0 Å². The predicted molar refractivity (Wildman–Crippen MR) is 130 cm³/mol. The SMILES string of the molecule is CC1([C@@H]2C(=O)C[C@]3(C)CC[C@]4(C)[C@H](CC[C@@H]5[C@@]6(C)CCC(=O)C(C)(C)[C@@H]6CC[C@]54C)[C@@H]23)CO1. The zero-order valence-corrected chi connectivity index (χ0v) is 22.2. The van der Waals surface area contributed by atoms with Crippen LogP contribution in [0.3, 0.4) is 0 Å². The topological polar surface area (TPSA) is 46.7 Å². The van der Waals surface area contributed by atoms with E-state index in [0.717, 1.165) is 25.9 Å². The van der Waals surface area contributed by atoms with Crippen molar-refractivity contribution in [1.82, 2.24) is 0 Å². The molecule has 1 aliphatic heterocycles.